The van der Waals surface area contributed by atoms with E-state index >= 15 is 0 Å². The molecule has 0 atom stereocenters. The van der Waals surface area contributed by atoms with Crippen molar-refractivity contribution in [2.45, 2.75) is 11.8 Å². The summed E-state index contributed by atoms with van der Waals surface area (Å²) in [6.45, 7) is 1.82. The predicted molar refractivity (Wildman–Crippen MR) is 119 cm³/mol. The fourth-order valence-electron chi connectivity index (χ4n) is 2.67. The van der Waals surface area contributed by atoms with Gasteiger partial charge >= 0.3 is 10.1 Å². The number of para-hydroxylation sites is 1. The maximum absolute atomic E-state index is 12.6. The molecule has 6 nitrogen and oxygen atoms in total. The largest absolute Gasteiger partial charge is 0.378 e. The molecule has 1 N–H and O–H groups in total. The Labute approximate surface area is 185 Å². The van der Waals surface area contributed by atoms with Crippen molar-refractivity contribution in [2.24, 2.45) is 0 Å². The average Bonchev–Trinajstić information content (AvgIpc) is 2.75. The lowest BCUT2D eigenvalue weighted by molar-refractivity contribution is -0.112. The first-order valence-corrected chi connectivity index (χ1v) is 10.9. The number of hydrogen-bond acceptors (Lipinski definition) is 5. The molecule has 1 amide bonds. The van der Waals surface area contributed by atoms with Gasteiger partial charge in [0, 0.05) is 16.3 Å². The van der Waals surface area contributed by atoms with E-state index in [9.17, 15) is 18.5 Å². The van der Waals surface area contributed by atoms with E-state index in [0.717, 1.165) is 5.56 Å². The van der Waals surface area contributed by atoms with E-state index in [1.54, 1.807) is 30.3 Å². The smallest absolute Gasteiger partial charge is 0.339 e. The van der Waals surface area contributed by atoms with Crippen LogP contribution in [0.1, 0.15) is 11.1 Å². The summed E-state index contributed by atoms with van der Waals surface area (Å²) in [5.74, 6) is -0.710. The zero-order chi connectivity index (χ0) is 22.4. The van der Waals surface area contributed by atoms with E-state index < -0.39 is 16.0 Å². The number of carbonyl (C=O) groups excluding carboxylic acids is 1. The zero-order valence-electron chi connectivity index (χ0n) is 16.4. The van der Waals surface area contributed by atoms with Gasteiger partial charge < -0.3 is 9.50 Å². The summed E-state index contributed by atoms with van der Waals surface area (Å²) in [5.41, 5.74) is 1.31. The number of hydrogen-bond donors (Lipinski definition) is 1. The van der Waals surface area contributed by atoms with Gasteiger partial charge in [-0.1, -0.05) is 48.0 Å². The Morgan fingerprint density at radius 3 is 2.42 bits per heavy atom. The maximum Gasteiger partial charge on any atom is 0.339 e. The normalized spacial score (nSPS) is 11.5. The summed E-state index contributed by atoms with van der Waals surface area (Å²) >= 11 is 6.04. The number of benzene rings is 3. The van der Waals surface area contributed by atoms with Gasteiger partial charge in [0.05, 0.1) is 0 Å². The molecule has 0 heterocycles. The van der Waals surface area contributed by atoms with Crippen LogP contribution in [0.5, 0.6) is 5.75 Å². The molecule has 0 bridgehead atoms. The van der Waals surface area contributed by atoms with Gasteiger partial charge in [0.1, 0.15) is 22.3 Å². The van der Waals surface area contributed by atoms with Gasteiger partial charge in [-0.2, -0.15) is 13.7 Å². The number of aryl methyl sites for hydroxylation is 1. The molecule has 0 saturated carbocycles. The van der Waals surface area contributed by atoms with E-state index in [1.807, 2.05) is 25.1 Å². The molecule has 8 heteroatoms. The van der Waals surface area contributed by atoms with Crippen LogP contribution in [-0.2, 0) is 14.9 Å². The summed E-state index contributed by atoms with van der Waals surface area (Å²) in [7, 11) is -4.12. The number of amides is 1. The Morgan fingerprint density at radius 1 is 1.06 bits per heavy atom. The second kappa shape index (κ2) is 9.47. The minimum Gasteiger partial charge on any atom is -0.378 e. The van der Waals surface area contributed by atoms with Crippen molar-refractivity contribution >= 4 is 39.4 Å². The third-order valence-electron chi connectivity index (χ3n) is 4.26. The van der Waals surface area contributed by atoms with Crippen LogP contribution in [-0.4, -0.2) is 14.3 Å². The second-order valence-electron chi connectivity index (χ2n) is 6.47. The van der Waals surface area contributed by atoms with Crippen LogP contribution in [0.4, 0.5) is 5.69 Å². The van der Waals surface area contributed by atoms with Crippen molar-refractivity contribution in [1.29, 1.82) is 5.26 Å². The third-order valence-corrected chi connectivity index (χ3v) is 5.74. The lowest BCUT2D eigenvalue weighted by Gasteiger charge is -2.11. The van der Waals surface area contributed by atoms with Crippen LogP contribution < -0.4 is 9.50 Å². The third kappa shape index (κ3) is 5.51. The minimum atomic E-state index is -4.12. The zero-order valence-corrected chi connectivity index (χ0v) is 17.9. The van der Waals surface area contributed by atoms with Crippen molar-refractivity contribution in [3.05, 3.63) is 94.5 Å². The number of halogens is 1. The van der Waals surface area contributed by atoms with Crippen LogP contribution in [0.25, 0.3) is 6.08 Å². The highest BCUT2D eigenvalue weighted by Gasteiger charge is 2.19. The van der Waals surface area contributed by atoms with Gasteiger partial charge in [0.2, 0.25) is 0 Å². The summed E-state index contributed by atoms with van der Waals surface area (Å²) in [6.07, 6.45) is 1.23. The van der Waals surface area contributed by atoms with Crippen molar-refractivity contribution in [3.8, 4) is 11.8 Å². The summed E-state index contributed by atoms with van der Waals surface area (Å²) in [4.78, 5) is 12.6. The Morgan fingerprint density at radius 2 is 1.74 bits per heavy atom. The molecular weight excluding hydrogens is 436 g/mol. The quantitative estimate of drug-likeness (QED) is 0.324. The Hall–Kier alpha value is -3.60. The lowest BCUT2D eigenvalue weighted by atomic mass is 10.1. The topological polar surface area (TPSA) is 96.3 Å². The van der Waals surface area contributed by atoms with E-state index in [2.05, 4.69) is 5.32 Å². The monoisotopic (exact) mass is 452 g/mol. The molecule has 0 spiro atoms. The van der Waals surface area contributed by atoms with E-state index in [4.69, 9.17) is 15.8 Å². The molecule has 31 heavy (non-hydrogen) atoms. The lowest BCUT2D eigenvalue weighted by Crippen LogP contribution is -2.14. The summed E-state index contributed by atoms with van der Waals surface area (Å²) in [6, 6.07) is 20.8. The molecule has 0 unspecified atom stereocenters. The van der Waals surface area contributed by atoms with Crippen molar-refractivity contribution < 1.29 is 17.4 Å². The Kier molecular flexibility index (Phi) is 6.75. The molecular formula is C23H17ClN2O4S. The molecule has 0 aromatic heterocycles. The first-order valence-electron chi connectivity index (χ1n) is 9.08. The van der Waals surface area contributed by atoms with Gasteiger partial charge in [0.15, 0.2) is 0 Å². The second-order valence-corrected chi connectivity index (χ2v) is 8.45. The molecule has 156 valence electrons. The number of carbonyl (C=O) groups is 1. The highest BCUT2D eigenvalue weighted by atomic mass is 35.5. The molecule has 0 saturated heterocycles. The van der Waals surface area contributed by atoms with Crippen molar-refractivity contribution in [3.63, 3.8) is 0 Å². The SMILES string of the molecule is Cc1ccccc1NC(=O)/C(C#N)=C/c1cc(Cl)ccc1OS(=O)(=O)c1ccccc1. The molecule has 0 radical (unpaired) electrons. The van der Waals surface area contributed by atoms with Gasteiger partial charge in [-0.15, -0.1) is 0 Å². The predicted octanol–water partition coefficient (Wildman–Crippen LogP) is 4.96. The van der Waals surface area contributed by atoms with Gasteiger partial charge in [-0.3, -0.25) is 4.79 Å². The van der Waals surface area contributed by atoms with Crippen LogP contribution in [0.3, 0.4) is 0 Å². The van der Waals surface area contributed by atoms with Crippen LogP contribution in [0, 0.1) is 18.3 Å². The summed E-state index contributed by atoms with van der Waals surface area (Å²) in [5, 5.41) is 12.5. The number of anilines is 1. The fourth-order valence-corrected chi connectivity index (χ4v) is 3.82. The average molecular weight is 453 g/mol. The highest BCUT2D eigenvalue weighted by Crippen LogP contribution is 2.28. The number of nitrogens with one attached hydrogen (secondary N) is 1. The van der Waals surface area contributed by atoms with Crippen LogP contribution >= 0.6 is 11.6 Å². The van der Waals surface area contributed by atoms with Crippen LogP contribution in [0.2, 0.25) is 5.02 Å². The van der Waals surface area contributed by atoms with Gasteiger partial charge in [-0.05, 0) is 55.0 Å². The molecule has 0 aliphatic rings. The minimum absolute atomic E-state index is 0.0299. The summed E-state index contributed by atoms with van der Waals surface area (Å²) < 4.78 is 30.4. The first-order chi connectivity index (χ1) is 14.8. The number of rotatable bonds is 6. The van der Waals surface area contributed by atoms with Crippen molar-refractivity contribution in [1.82, 2.24) is 0 Å². The number of nitrogens with zero attached hydrogens (tertiary/aromatic N) is 1. The molecule has 3 aromatic rings. The van der Waals surface area contributed by atoms with E-state index in [-0.39, 0.29) is 26.8 Å². The standard InChI is InChI=1S/C23H17ClN2O4S/c1-16-7-5-6-10-21(16)26-23(27)18(15-25)13-17-14-19(24)11-12-22(17)30-31(28,29)20-8-3-2-4-9-20/h2-14H,1H3,(H,26,27)/b18-13+. The fraction of sp³-hybridized carbons (Fsp3) is 0.0435. The molecule has 3 rings (SSSR count). The molecule has 0 aliphatic carbocycles. The van der Waals surface area contributed by atoms with Crippen molar-refractivity contribution in [2.75, 3.05) is 5.32 Å². The Balaban J connectivity index is 1.95. The molecule has 3 aromatic carbocycles. The van der Waals surface area contributed by atoms with Crippen LogP contribution in [0.15, 0.2) is 83.3 Å². The Bertz CT molecular complexity index is 1300. The highest BCUT2D eigenvalue weighted by molar-refractivity contribution is 7.87. The first kappa shape index (κ1) is 22.1. The van der Waals surface area contributed by atoms with Gasteiger partial charge in [-0.25, -0.2) is 0 Å². The van der Waals surface area contributed by atoms with Gasteiger partial charge in [0.25, 0.3) is 5.91 Å². The maximum atomic E-state index is 12.6. The van der Waals surface area contributed by atoms with E-state index in [0.29, 0.717) is 5.69 Å². The van der Waals surface area contributed by atoms with E-state index in [1.165, 1.54) is 36.4 Å². The molecule has 0 fully saturated rings. The molecule has 0 aliphatic heterocycles. The number of nitriles is 1.